The van der Waals surface area contributed by atoms with E-state index >= 15 is 0 Å². The summed E-state index contributed by atoms with van der Waals surface area (Å²) in [4.78, 5) is 4.31. The van der Waals surface area contributed by atoms with Crippen molar-refractivity contribution in [2.45, 2.75) is 0 Å². The minimum Gasteiger partial charge on any atom is -0.256 e. The van der Waals surface area contributed by atoms with Gasteiger partial charge in [-0.2, -0.15) is 0 Å². The third kappa shape index (κ3) is 1.15. The van der Waals surface area contributed by atoms with Crippen molar-refractivity contribution < 1.29 is 0 Å². The van der Waals surface area contributed by atoms with E-state index in [1.165, 1.54) is 0 Å². The zero-order valence-corrected chi connectivity index (χ0v) is 8.01. The fourth-order valence-corrected chi connectivity index (χ4v) is 1.89. The summed E-state index contributed by atoms with van der Waals surface area (Å²) in [6, 6.07) is 13.3. The van der Waals surface area contributed by atoms with E-state index in [9.17, 15) is 5.73 Å². The summed E-state index contributed by atoms with van der Waals surface area (Å²) in [6.07, 6.45) is 1.83. The average Bonchev–Trinajstić information content (AvgIpc) is 2.29. The third-order valence-electron chi connectivity index (χ3n) is 2.59. The van der Waals surface area contributed by atoms with Crippen LogP contribution >= 0.6 is 0 Å². The molecule has 0 bridgehead atoms. The lowest BCUT2D eigenvalue weighted by Crippen LogP contribution is -1.83. The van der Waals surface area contributed by atoms with Gasteiger partial charge >= 0.3 is 0 Å². The Labute approximate surface area is 87.4 Å². The quantitative estimate of drug-likeness (QED) is 0.504. The Morgan fingerprint density at radius 3 is 2.73 bits per heavy atom. The molecule has 2 nitrogen and oxygen atoms in total. The van der Waals surface area contributed by atoms with Gasteiger partial charge in [0.1, 0.15) is 0 Å². The number of hydrogen-bond acceptors (Lipinski definition) is 1. The first-order valence-corrected chi connectivity index (χ1v) is 4.82. The zero-order chi connectivity index (χ0) is 10.3. The SMILES string of the molecule is [N]c1cccc2ncc3ccccc3c12. The van der Waals surface area contributed by atoms with E-state index < -0.39 is 0 Å². The molecule has 0 amide bonds. The highest BCUT2D eigenvalue weighted by Gasteiger charge is 2.04. The number of rotatable bonds is 0. The maximum absolute atomic E-state index is 9.83. The summed E-state index contributed by atoms with van der Waals surface area (Å²) in [7, 11) is 0. The Balaban J connectivity index is 2.64. The molecule has 0 unspecified atom stereocenters. The number of nitrogens with zero attached hydrogens (tertiary/aromatic N) is 2. The van der Waals surface area contributed by atoms with Gasteiger partial charge in [0.2, 0.25) is 0 Å². The summed E-state index contributed by atoms with van der Waals surface area (Å²) < 4.78 is 0. The lowest BCUT2D eigenvalue weighted by molar-refractivity contribution is 1.43. The van der Waals surface area contributed by atoms with Crippen LogP contribution in [0.3, 0.4) is 0 Å². The average molecular weight is 192 g/mol. The van der Waals surface area contributed by atoms with Crippen molar-refractivity contribution >= 4 is 27.4 Å². The van der Waals surface area contributed by atoms with E-state index in [2.05, 4.69) is 4.98 Å². The number of benzene rings is 2. The maximum Gasteiger partial charge on any atom is 0.0957 e. The van der Waals surface area contributed by atoms with Gasteiger partial charge in [-0.05, 0) is 17.5 Å². The van der Waals surface area contributed by atoms with Gasteiger partial charge in [0.15, 0.2) is 0 Å². The minimum absolute atomic E-state index is 0.289. The van der Waals surface area contributed by atoms with Crippen LogP contribution in [0.15, 0.2) is 48.7 Å². The van der Waals surface area contributed by atoms with Crippen molar-refractivity contribution in [2.75, 3.05) is 0 Å². The third-order valence-corrected chi connectivity index (χ3v) is 2.59. The van der Waals surface area contributed by atoms with E-state index in [4.69, 9.17) is 0 Å². The van der Waals surface area contributed by atoms with Gasteiger partial charge in [0, 0.05) is 17.0 Å². The first-order chi connectivity index (χ1) is 7.36. The van der Waals surface area contributed by atoms with Crippen LogP contribution in [0, 0.1) is 0 Å². The second-order valence-electron chi connectivity index (χ2n) is 3.52. The Bertz CT molecular complexity index is 644. The Kier molecular flexibility index (Phi) is 1.62. The van der Waals surface area contributed by atoms with Crippen molar-refractivity contribution in [1.29, 1.82) is 0 Å². The molecule has 0 aliphatic carbocycles. The molecule has 15 heavy (non-hydrogen) atoms. The van der Waals surface area contributed by atoms with Crippen LogP contribution in [-0.2, 0) is 0 Å². The summed E-state index contributed by atoms with van der Waals surface area (Å²) >= 11 is 0. The van der Waals surface area contributed by atoms with E-state index in [1.54, 1.807) is 12.1 Å². The zero-order valence-electron chi connectivity index (χ0n) is 8.01. The summed E-state index contributed by atoms with van der Waals surface area (Å²) in [5, 5.41) is 2.92. The molecule has 0 fully saturated rings. The van der Waals surface area contributed by atoms with Gasteiger partial charge in [-0.15, -0.1) is 5.73 Å². The predicted molar refractivity (Wildman–Crippen MR) is 61.0 cm³/mol. The molecule has 0 saturated heterocycles. The smallest absolute Gasteiger partial charge is 0.0957 e. The number of pyridine rings is 1. The molecule has 1 heterocycles. The Morgan fingerprint density at radius 1 is 0.933 bits per heavy atom. The fourth-order valence-electron chi connectivity index (χ4n) is 1.89. The molecule has 0 aliphatic heterocycles. The monoisotopic (exact) mass is 192 g/mol. The van der Waals surface area contributed by atoms with Crippen LogP contribution in [0.2, 0.25) is 0 Å². The van der Waals surface area contributed by atoms with Crippen LogP contribution in [0.1, 0.15) is 0 Å². The van der Waals surface area contributed by atoms with Gasteiger partial charge in [0.25, 0.3) is 0 Å². The normalized spacial score (nSPS) is 10.9. The van der Waals surface area contributed by atoms with E-state index in [1.807, 2.05) is 36.5 Å². The molecule has 3 aromatic rings. The molecule has 0 aliphatic rings. The standard InChI is InChI=1S/C13H8N2/c14-11-6-3-7-12-13(11)10-5-2-1-4-9(10)8-15-12/h1-8H. The molecular formula is C13H8N2. The molecule has 3 rings (SSSR count). The maximum atomic E-state index is 9.83. The minimum atomic E-state index is 0.289. The molecule has 0 N–H and O–H groups in total. The first kappa shape index (κ1) is 8.24. The van der Waals surface area contributed by atoms with Gasteiger partial charge in [-0.3, -0.25) is 4.98 Å². The first-order valence-electron chi connectivity index (χ1n) is 4.82. The predicted octanol–water partition coefficient (Wildman–Crippen LogP) is 3.09. The van der Waals surface area contributed by atoms with Gasteiger partial charge in [-0.1, -0.05) is 30.3 Å². The van der Waals surface area contributed by atoms with Crippen LogP contribution in [0.5, 0.6) is 0 Å². The van der Waals surface area contributed by atoms with Crippen molar-refractivity contribution in [3.63, 3.8) is 0 Å². The van der Waals surface area contributed by atoms with Crippen LogP contribution in [0.4, 0.5) is 5.69 Å². The number of aromatic nitrogens is 1. The molecule has 0 spiro atoms. The van der Waals surface area contributed by atoms with Crippen molar-refractivity contribution in [3.05, 3.63) is 48.7 Å². The lowest BCUT2D eigenvalue weighted by atomic mass is 10.1. The lowest BCUT2D eigenvalue weighted by Gasteiger charge is -2.03. The molecule has 1 aromatic heterocycles. The Morgan fingerprint density at radius 2 is 1.80 bits per heavy atom. The molecule has 70 valence electrons. The van der Waals surface area contributed by atoms with Crippen molar-refractivity contribution in [1.82, 2.24) is 10.7 Å². The molecule has 0 atom stereocenters. The summed E-state index contributed by atoms with van der Waals surface area (Å²) in [6.45, 7) is 0. The van der Waals surface area contributed by atoms with E-state index in [0.717, 1.165) is 21.7 Å². The van der Waals surface area contributed by atoms with E-state index in [0.29, 0.717) is 0 Å². The molecule has 2 aromatic carbocycles. The number of hydrogen-bond donors (Lipinski definition) is 0. The van der Waals surface area contributed by atoms with Crippen LogP contribution in [-0.4, -0.2) is 4.98 Å². The second-order valence-corrected chi connectivity index (χ2v) is 3.52. The van der Waals surface area contributed by atoms with Gasteiger partial charge in [0.05, 0.1) is 11.2 Å². The van der Waals surface area contributed by atoms with Crippen LogP contribution in [0.25, 0.3) is 21.7 Å². The molecule has 0 saturated carbocycles. The number of fused-ring (bicyclic) bond motifs is 3. The molecular weight excluding hydrogens is 184 g/mol. The highest BCUT2D eigenvalue weighted by molar-refractivity contribution is 6.10. The van der Waals surface area contributed by atoms with Crippen LogP contribution < -0.4 is 5.73 Å². The fraction of sp³-hybridized carbons (Fsp3) is 0. The topological polar surface area (TPSA) is 35.2 Å². The van der Waals surface area contributed by atoms with Crippen molar-refractivity contribution in [3.8, 4) is 0 Å². The van der Waals surface area contributed by atoms with Gasteiger partial charge in [-0.25, -0.2) is 0 Å². The van der Waals surface area contributed by atoms with Crippen molar-refractivity contribution in [2.24, 2.45) is 0 Å². The van der Waals surface area contributed by atoms with E-state index in [-0.39, 0.29) is 5.69 Å². The second kappa shape index (κ2) is 2.95. The highest BCUT2D eigenvalue weighted by atomic mass is 14.7. The molecule has 2 heteroatoms. The summed E-state index contributed by atoms with van der Waals surface area (Å²) in [5.41, 5.74) is 10.9. The molecule has 2 radical (unpaired) electrons. The Hall–Kier alpha value is -2.09. The summed E-state index contributed by atoms with van der Waals surface area (Å²) in [5.74, 6) is 0. The van der Waals surface area contributed by atoms with Gasteiger partial charge < -0.3 is 0 Å². The highest BCUT2D eigenvalue weighted by Crippen LogP contribution is 2.28. The largest absolute Gasteiger partial charge is 0.256 e.